The van der Waals surface area contributed by atoms with Gasteiger partial charge < -0.3 is 15.5 Å². The van der Waals surface area contributed by atoms with Gasteiger partial charge in [-0.05, 0) is 40.7 Å². The van der Waals surface area contributed by atoms with E-state index in [9.17, 15) is 0 Å². The van der Waals surface area contributed by atoms with E-state index >= 15 is 0 Å². The molecule has 0 atom stereocenters. The number of nitrogens with zero attached hydrogens (tertiary/aromatic N) is 5. The van der Waals surface area contributed by atoms with Gasteiger partial charge in [-0.3, -0.25) is 4.68 Å². The van der Waals surface area contributed by atoms with Crippen LogP contribution in [0.25, 0.3) is 0 Å². The molecule has 0 unspecified atom stereocenters. The Morgan fingerprint density at radius 2 is 2.06 bits per heavy atom. The largest absolute Gasteiger partial charge is 0.329 e. The van der Waals surface area contributed by atoms with Gasteiger partial charge in [-0.15, -0.1) is 5.10 Å². The van der Waals surface area contributed by atoms with Crippen molar-refractivity contribution >= 4 is 0 Å². The minimum Gasteiger partial charge on any atom is -0.329 e. The van der Waals surface area contributed by atoms with Crippen molar-refractivity contribution in [1.82, 2.24) is 24.8 Å². The fourth-order valence-electron chi connectivity index (χ4n) is 1.66. The van der Waals surface area contributed by atoms with Crippen molar-refractivity contribution in [2.45, 2.75) is 19.5 Å². The van der Waals surface area contributed by atoms with Gasteiger partial charge in [0.05, 0.1) is 12.2 Å². The van der Waals surface area contributed by atoms with Gasteiger partial charge in [-0.1, -0.05) is 5.21 Å². The van der Waals surface area contributed by atoms with Gasteiger partial charge in [-0.25, -0.2) is 0 Å². The Balaban J connectivity index is 2.26. The molecule has 0 saturated carbocycles. The smallest absolute Gasteiger partial charge is 0.0967 e. The summed E-state index contributed by atoms with van der Waals surface area (Å²) in [5.74, 6) is 0. The maximum atomic E-state index is 5.46. The third kappa shape index (κ3) is 5.76. The lowest BCUT2D eigenvalue weighted by molar-refractivity contribution is 0.292. The van der Waals surface area contributed by atoms with Crippen LogP contribution < -0.4 is 5.73 Å². The zero-order valence-corrected chi connectivity index (χ0v) is 11.1. The highest BCUT2D eigenvalue weighted by atomic mass is 15.4. The molecule has 1 aromatic heterocycles. The molecule has 0 aliphatic heterocycles. The van der Waals surface area contributed by atoms with Gasteiger partial charge in [0.25, 0.3) is 0 Å². The number of hydrogen-bond donors (Lipinski definition) is 1. The fraction of sp³-hybridized carbons (Fsp3) is 0.818. The van der Waals surface area contributed by atoms with E-state index in [1.807, 2.05) is 6.20 Å². The summed E-state index contributed by atoms with van der Waals surface area (Å²) in [6, 6.07) is 0. The normalized spacial score (nSPS) is 11.6. The van der Waals surface area contributed by atoms with Crippen LogP contribution in [0.4, 0.5) is 0 Å². The summed E-state index contributed by atoms with van der Waals surface area (Å²) in [5.41, 5.74) is 6.47. The van der Waals surface area contributed by atoms with E-state index in [0.717, 1.165) is 31.9 Å². The minimum atomic E-state index is 0.599. The molecule has 1 rings (SSSR count). The molecule has 0 amide bonds. The number of hydrogen-bond acceptors (Lipinski definition) is 5. The average molecular weight is 240 g/mol. The molecule has 98 valence electrons. The van der Waals surface area contributed by atoms with Crippen molar-refractivity contribution in [3.63, 3.8) is 0 Å². The zero-order chi connectivity index (χ0) is 12.7. The van der Waals surface area contributed by atoms with Crippen molar-refractivity contribution in [2.75, 3.05) is 40.8 Å². The van der Waals surface area contributed by atoms with Crippen LogP contribution in [0.5, 0.6) is 0 Å². The second-order valence-electron chi connectivity index (χ2n) is 4.66. The van der Waals surface area contributed by atoms with Crippen molar-refractivity contribution in [3.8, 4) is 0 Å². The number of aromatic nitrogens is 3. The lowest BCUT2D eigenvalue weighted by Gasteiger charge is -2.16. The zero-order valence-electron chi connectivity index (χ0n) is 11.1. The first-order valence-electron chi connectivity index (χ1n) is 6.04. The summed E-state index contributed by atoms with van der Waals surface area (Å²) in [7, 11) is 6.30. The van der Waals surface area contributed by atoms with Crippen molar-refractivity contribution in [3.05, 3.63) is 11.9 Å². The molecule has 0 bridgehead atoms. The van der Waals surface area contributed by atoms with Gasteiger partial charge in [0.15, 0.2) is 0 Å². The maximum absolute atomic E-state index is 5.46. The molecule has 6 heteroatoms. The maximum Gasteiger partial charge on any atom is 0.0967 e. The quantitative estimate of drug-likeness (QED) is 0.671. The van der Waals surface area contributed by atoms with E-state index in [0.29, 0.717) is 6.54 Å². The Labute approximate surface area is 103 Å². The molecule has 17 heavy (non-hydrogen) atoms. The van der Waals surface area contributed by atoms with Crippen molar-refractivity contribution in [2.24, 2.45) is 5.73 Å². The topological polar surface area (TPSA) is 63.2 Å². The predicted octanol–water partition coefficient (Wildman–Crippen LogP) is -0.380. The molecule has 6 nitrogen and oxygen atoms in total. The first kappa shape index (κ1) is 14.1. The standard InChI is InChI=1S/C11H24N6/c1-15(2)6-4-7-16(3)9-11-10-17(8-5-12)14-13-11/h10H,4-9,12H2,1-3H3. The Kier molecular flexibility index (Phi) is 6.10. The van der Waals surface area contributed by atoms with Gasteiger partial charge >= 0.3 is 0 Å². The van der Waals surface area contributed by atoms with Crippen LogP contribution in [0, 0.1) is 0 Å². The summed E-state index contributed by atoms with van der Waals surface area (Å²) < 4.78 is 1.79. The van der Waals surface area contributed by atoms with Crippen molar-refractivity contribution in [1.29, 1.82) is 0 Å². The highest BCUT2D eigenvalue weighted by Crippen LogP contribution is 1.99. The molecule has 0 aliphatic rings. The Hall–Kier alpha value is -0.980. The van der Waals surface area contributed by atoms with Crippen molar-refractivity contribution < 1.29 is 0 Å². The van der Waals surface area contributed by atoms with E-state index in [1.165, 1.54) is 6.42 Å². The summed E-state index contributed by atoms with van der Waals surface area (Å²) in [6.45, 7) is 4.36. The summed E-state index contributed by atoms with van der Waals surface area (Å²) in [4.78, 5) is 4.46. The van der Waals surface area contributed by atoms with Gasteiger partial charge in [0.2, 0.25) is 0 Å². The lowest BCUT2D eigenvalue weighted by Crippen LogP contribution is -2.23. The van der Waals surface area contributed by atoms with E-state index < -0.39 is 0 Å². The molecule has 1 heterocycles. The van der Waals surface area contributed by atoms with E-state index in [1.54, 1.807) is 4.68 Å². The number of rotatable bonds is 8. The van der Waals surface area contributed by atoms with Gasteiger partial charge in [0, 0.05) is 19.3 Å². The Morgan fingerprint density at radius 1 is 1.29 bits per heavy atom. The van der Waals surface area contributed by atoms with Gasteiger partial charge in [0.1, 0.15) is 0 Å². The molecule has 0 saturated heterocycles. The summed E-state index contributed by atoms with van der Waals surface area (Å²) in [5, 5.41) is 8.14. The van der Waals surface area contributed by atoms with E-state index in [2.05, 4.69) is 41.3 Å². The van der Waals surface area contributed by atoms with Gasteiger partial charge in [-0.2, -0.15) is 0 Å². The molecular formula is C11H24N6. The highest BCUT2D eigenvalue weighted by molar-refractivity contribution is 4.91. The highest BCUT2D eigenvalue weighted by Gasteiger charge is 2.04. The SMILES string of the molecule is CN(C)CCCN(C)Cc1cn(CCN)nn1. The first-order valence-corrected chi connectivity index (χ1v) is 6.04. The monoisotopic (exact) mass is 240 g/mol. The third-order valence-corrected chi connectivity index (χ3v) is 2.52. The molecule has 0 fully saturated rings. The van der Waals surface area contributed by atoms with Crippen LogP contribution in [0.2, 0.25) is 0 Å². The molecule has 0 aromatic carbocycles. The Morgan fingerprint density at radius 3 is 2.71 bits per heavy atom. The summed E-state index contributed by atoms with van der Waals surface area (Å²) in [6.07, 6.45) is 3.13. The average Bonchev–Trinajstić information content (AvgIpc) is 2.65. The van der Waals surface area contributed by atoms with Crippen LogP contribution in [0.15, 0.2) is 6.20 Å². The molecule has 0 radical (unpaired) electrons. The van der Waals surface area contributed by atoms with Crippen LogP contribution in [-0.2, 0) is 13.1 Å². The minimum absolute atomic E-state index is 0.599. The lowest BCUT2D eigenvalue weighted by atomic mass is 10.3. The van der Waals surface area contributed by atoms with Crippen LogP contribution in [0.1, 0.15) is 12.1 Å². The van der Waals surface area contributed by atoms with Crippen LogP contribution in [-0.4, -0.2) is 65.6 Å². The van der Waals surface area contributed by atoms with E-state index in [-0.39, 0.29) is 0 Å². The fourth-order valence-corrected chi connectivity index (χ4v) is 1.66. The molecular weight excluding hydrogens is 216 g/mol. The second kappa shape index (κ2) is 7.37. The van der Waals surface area contributed by atoms with Crippen LogP contribution in [0.3, 0.4) is 0 Å². The van der Waals surface area contributed by atoms with Crippen LogP contribution >= 0.6 is 0 Å². The Bertz CT molecular complexity index is 309. The number of nitrogens with two attached hydrogens (primary N) is 1. The predicted molar refractivity (Wildman–Crippen MR) is 68.6 cm³/mol. The molecule has 0 aliphatic carbocycles. The van der Waals surface area contributed by atoms with E-state index in [4.69, 9.17) is 5.73 Å². The molecule has 2 N–H and O–H groups in total. The first-order chi connectivity index (χ1) is 8.11. The molecule has 0 spiro atoms. The molecule has 1 aromatic rings. The summed E-state index contributed by atoms with van der Waals surface area (Å²) >= 11 is 0. The second-order valence-corrected chi connectivity index (χ2v) is 4.66. The third-order valence-electron chi connectivity index (χ3n) is 2.52.